The maximum Gasteiger partial charge on any atom is 0.319 e. The van der Waals surface area contributed by atoms with Gasteiger partial charge in [-0.2, -0.15) is 0 Å². The molecule has 6 nitrogen and oxygen atoms in total. The van der Waals surface area contributed by atoms with E-state index in [1.807, 2.05) is 0 Å². The summed E-state index contributed by atoms with van der Waals surface area (Å²) in [4.78, 5) is 37.5. The molecule has 0 aromatic heterocycles. The van der Waals surface area contributed by atoms with Crippen LogP contribution in [-0.4, -0.2) is 60.7 Å². The van der Waals surface area contributed by atoms with E-state index in [1.54, 1.807) is 23.9 Å². The smallest absolute Gasteiger partial charge is 0.319 e. The topological polar surface area (TPSA) is 69.7 Å². The number of hydrogen-bond donors (Lipinski definition) is 1. The lowest BCUT2D eigenvalue weighted by atomic mass is 10.0. The van der Waals surface area contributed by atoms with Crippen molar-refractivity contribution < 1.29 is 14.4 Å². The summed E-state index contributed by atoms with van der Waals surface area (Å²) in [5, 5.41) is 2.92. The van der Waals surface area contributed by atoms with Crippen LogP contribution in [0.2, 0.25) is 0 Å². The molecule has 3 amide bonds. The van der Waals surface area contributed by atoms with Crippen molar-refractivity contribution in [3.05, 3.63) is 0 Å². The van der Waals surface area contributed by atoms with Crippen molar-refractivity contribution in [2.75, 3.05) is 27.2 Å². The predicted octanol–water partition coefficient (Wildman–Crippen LogP) is 0.618. The Morgan fingerprint density at radius 3 is 2.21 bits per heavy atom. The highest BCUT2D eigenvalue weighted by atomic mass is 16.2. The van der Waals surface area contributed by atoms with Crippen LogP contribution in [0.15, 0.2) is 0 Å². The average Bonchev–Trinajstić information content (AvgIpc) is 2.36. The Morgan fingerprint density at radius 2 is 1.74 bits per heavy atom. The van der Waals surface area contributed by atoms with Crippen molar-refractivity contribution in [3.8, 4) is 0 Å². The molecule has 0 aliphatic carbocycles. The zero-order valence-electron chi connectivity index (χ0n) is 11.9. The minimum atomic E-state index is -0.0763. The van der Waals surface area contributed by atoms with Gasteiger partial charge in [0.05, 0.1) is 0 Å². The Labute approximate surface area is 114 Å². The van der Waals surface area contributed by atoms with Gasteiger partial charge in [-0.25, -0.2) is 4.79 Å². The lowest BCUT2D eigenvalue weighted by Crippen LogP contribution is -2.49. The molecule has 0 saturated carbocycles. The fraction of sp³-hybridized carbons (Fsp3) is 0.769. The normalized spacial score (nSPS) is 16.1. The number of nitrogens with one attached hydrogen (secondary N) is 1. The highest BCUT2D eigenvalue weighted by Crippen LogP contribution is 2.12. The van der Waals surface area contributed by atoms with Gasteiger partial charge >= 0.3 is 6.03 Å². The number of carbonyl (C=O) groups is 3. The summed E-state index contributed by atoms with van der Waals surface area (Å²) in [5.41, 5.74) is 0. The molecule has 0 spiro atoms. The van der Waals surface area contributed by atoms with Gasteiger partial charge in [-0.3, -0.25) is 4.79 Å². The molecule has 0 unspecified atom stereocenters. The number of carbonyl (C=O) groups excluding carboxylic acids is 3. The van der Waals surface area contributed by atoms with E-state index >= 15 is 0 Å². The third-order valence-corrected chi connectivity index (χ3v) is 3.22. The van der Waals surface area contributed by atoms with Crippen molar-refractivity contribution in [2.45, 2.75) is 38.6 Å². The molecule has 6 heteroatoms. The monoisotopic (exact) mass is 269 g/mol. The Hall–Kier alpha value is -1.59. The first kappa shape index (κ1) is 15.5. The highest BCUT2D eigenvalue weighted by Gasteiger charge is 2.24. The second-order valence-electron chi connectivity index (χ2n) is 5.21. The van der Waals surface area contributed by atoms with E-state index in [2.05, 4.69) is 5.32 Å². The van der Waals surface area contributed by atoms with Crippen molar-refractivity contribution in [1.82, 2.24) is 15.1 Å². The van der Waals surface area contributed by atoms with Gasteiger partial charge in [-0.05, 0) is 19.8 Å². The molecule has 0 bridgehead atoms. The summed E-state index contributed by atoms with van der Waals surface area (Å²) in [6.07, 6.45) is 2.09. The number of ketones is 1. The van der Waals surface area contributed by atoms with Crippen LogP contribution in [0.4, 0.5) is 4.79 Å². The van der Waals surface area contributed by atoms with Gasteiger partial charge < -0.3 is 19.9 Å². The van der Waals surface area contributed by atoms with Crippen LogP contribution < -0.4 is 5.32 Å². The number of Topliss-reactive ketones (excluding diaryl/α,β-unsaturated/α-hetero) is 1. The summed E-state index contributed by atoms with van der Waals surface area (Å²) >= 11 is 0. The molecule has 1 rings (SSSR count). The number of hydrogen-bond acceptors (Lipinski definition) is 3. The van der Waals surface area contributed by atoms with E-state index < -0.39 is 0 Å². The van der Waals surface area contributed by atoms with E-state index in [9.17, 15) is 14.4 Å². The third-order valence-electron chi connectivity index (χ3n) is 3.22. The van der Waals surface area contributed by atoms with Crippen LogP contribution in [0.1, 0.15) is 32.6 Å². The Bertz CT molecular complexity index is 347. The molecule has 1 aliphatic rings. The van der Waals surface area contributed by atoms with Gasteiger partial charge in [0.2, 0.25) is 5.91 Å². The molecular formula is C13H23N3O3. The SMILES string of the molecule is CC(=O)CCC(=O)NC1CCN(C(=O)N(C)C)CC1. The maximum atomic E-state index is 11.7. The predicted molar refractivity (Wildman–Crippen MR) is 71.7 cm³/mol. The molecule has 108 valence electrons. The first-order valence-corrected chi connectivity index (χ1v) is 6.65. The van der Waals surface area contributed by atoms with Crippen molar-refractivity contribution in [2.24, 2.45) is 0 Å². The molecule has 1 N–H and O–H groups in total. The fourth-order valence-corrected chi connectivity index (χ4v) is 2.09. The minimum absolute atomic E-state index is 0.0151. The summed E-state index contributed by atoms with van der Waals surface area (Å²) < 4.78 is 0. The van der Waals surface area contributed by atoms with Crippen molar-refractivity contribution >= 4 is 17.7 Å². The van der Waals surface area contributed by atoms with Crippen molar-refractivity contribution in [3.63, 3.8) is 0 Å². The average molecular weight is 269 g/mol. The molecule has 0 radical (unpaired) electrons. The first-order valence-electron chi connectivity index (χ1n) is 6.65. The van der Waals surface area contributed by atoms with Gasteiger partial charge in [-0.1, -0.05) is 0 Å². The van der Waals surface area contributed by atoms with Crippen LogP contribution in [0, 0.1) is 0 Å². The molecule has 0 aromatic carbocycles. The summed E-state index contributed by atoms with van der Waals surface area (Å²) in [6, 6.07) is 0.132. The molecule has 0 atom stereocenters. The zero-order valence-corrected chi connectivity index (χ0v) is 11.9. The van der Waals surface area contributed by atoms with Gasteiger partial charge in [-0.15, -0.1) is 0 Å². The number of amides is 3. The number of likely N-dealkylation sites (tertiary alicyclic amines) is 1. The standard InChI is InChI=1S/C13H23N3O3/c1-10(17)4-5-12(18)14-11-6-8-16(9-7-11)13(19)15(2)3/h11H,4-9H2,1-3H3,(H,14,18). The van der Waals surface area contributed by atoms with Crippen molar-refractivity contribution in [1.29, 1.82) is 0 Å². The molecule has 19 heavy (non-hydrogen) atoms. The van der Waals surface area contributed by atoms with Crippen LogP contribution in [0.5, 0.6) is 0 Å². The zero-order chi connectivity index (χ0) is 14.4. The molecule has 1 saturated heterocycles. The molecule has 0 aromatic rings. The van der Waals surface area contributed by atoms with Gasteiger partial charge in [0.15, 0.2) is 0 Å². The highest BCUT2D eigenvalue weighted by molar-refractivity contribution is 5.83. The van der Waals surface area contributed by atoms with E-state index in [0.717, 1.165) is 12.8 Å². The lowest BCUT2D eigenvalue weighted by Gasteiger charge is -2.33. The Kier molecular flexibility index (Phi) is 5.79. The van der Waals surface area contributed by atoms with Crippen LogP contribution in [-0.2, 0) is 9.59 Å². The number of piperidine rings is 1. The number of urea groups is 1. The van der Waals surface area contributed by atoms with Gasteiger partial charge in [0.1, 0.15) is 5.78 Å². The maximum absolute atomic E-state index is 11.7. The number of rotatable bonds is 4. The quantitative estimate of drug-likeness (QED) is 0.813. The van der Waals surface area contributed by atoms with E-state index in [4.69, 9.17) is 0 Å². The van der Waals surface area contributed by atoms with Crippen LogP contribution in [0.3, 0.4) is 0 Å². The van der Waals surface area contributed by atoms with Gasteiger partial charge in [0, 0.05) is 46.1 Å². The fourth-order valence-electron chi connectivity index (χ4n) is 2.09. The lowest BCUT2D eigenvalue weighted by molar-refractivity contribution is -0.125. The van der Waals surface area contributed by atoms with Crippen LogP contribution >= 0.6 is 0 Å². The van der Waals surface area contributed by atoms with Crippen LogP contribution in [0.25, 0.3) is 0 Å². The Balaban J connectivity index is 2.28. The van der Waals surface area contributed by atoms with Gasteiger partial charge in [0.25, 0.3) is 0 Å². The van der Waals surface area contributed by atoms with E-state index in [0.29, 0.717) is 19.5 Å². The molecule has 1 fully saturated rings. The largest absolute Gasteiger partial charge is 0.353 e. The molecule has 1 heterocycles. The second-order valence-corrected chi connectivity index (χ2v) is 5.21. The summed E-state index contributed by atoms with van der Waals surface area (Å²) in [7, 11) is 3.47. The third kappa shape index (κ3) is 5.28. The summed E-state index contributed by atoms with van der Waals surface area (Å²) in [6.45, 7) is 2.81. The Morgan fingerprint density at radius 1 is 1.16 bits per heavy atom. The first-order chi connectivity index (χ1) is 8.90. The van der Waals surface area contributed by atoms with E-state index in [-0.39, 0.29) is 30.2 Å². The second kappa shape index (κ2) is 7.11. The number of nitrogens with zero attached hydrogens (tertiary/aromatic N) is 2. The molecular weight excluding hydrogens is 246 g/mol. The molecule has 1 aliphatic heterocycles. The minimum Gasteiger partial charge on any atom is -0.353 e. The van der Waals surface area contributed by atoms with E-state index in [1.165, 1.54) is 6.92 Å². The summed E-state index contributed by atoms with van der Waals surface area (Å²) in [5.74, 6) is -0.0471.